The van der Waals surface area contributed by atoms with Crippen LogP contribution in [-0.2, 0) is 0 Å². The van der Waals surface area contributed by atoms with Crippen molar-refractivity contribution in [3.63, 3.8) is 0 Å². The Balaban J connectivity index is 1.40. The minimum Gasteiger partial charge on any atom is -0.449 e. The van der Waals surface area contributed by atoms with Crippen molar-refractivity contribution in [2.24, 2.45) is 0 Å². The molecule has 0 aliphatic carbocycles. The molecule has 3 heterocycles. The molecule has 1 N–H and O–H groups in total. The summed E-state index contributed by atoms with van der Waals surface area (Å²) in [5, 5.41) is 5.78. The van der Waals surface area contributed by atoms with Gasteiger partial charge in [-0.1, -0.05) is 0 Å². The third-order valence-corrected chi connectivity index (χ3v) is 5.47. The first-order valence-electron chi connectivity index (χ1n) is 8.96. The lowest BCUT2D eigenvalue weighted by atomic mass is 10.2. The van der Waals surface area contributed by atoms with Gasteiger partial charge in [-0.3, -0.25) is 4.79 Å². The predicted octanol–water partition coefficient (Wildman–Crippen LogP) is 3.72. The highest BCUT2D eigenvalue weighted by molar-refractivity contribution is 7.09. The van der Waals surface area contributed by atoms with Crippen LogP contribution in [0.5, 0.6) is 0 Å². The van der Waals surface area contributed by atoms with Crippen LogP contribution in [0.3, 0.4) is 0 Å². The van der Waals surface area contributed by atoms with E-state index in [9.17, 15) is 4.79 Å². The lowest BCUT2D eigenvalue weighted by molar-refractivity contribution is 0.0997. The van der Waals surface area contributed by atoms with Crippen LogP contribution in [0.1, 0.15) is 15.6 Å². The van der Waals surface area contributed by atoms with Crippen LogP contribution in [0.25, 0.3) is 11.5 Å². The van der Waals surface area contributed by atoms with Gasteiger partial charge >= 0.3 is 0 Å². The monoisotopic (exact) mass is 382 g/mol. The molecule has 2 aromatic heterocycles. The van der Waals surface area contributed by atoms with Crippen LogP contribution in [0.15, 0.2) is 46.2 Å². The summed E-state index contributed by atoms with van der Waals surface area (Å²) in [6.07, 6.45) is 0. The van der Waals surface area contributed by atoms with E-state index in [1.54, 1.807) is 23.5 Å². The molecule has 0 saturated carbocycles. The summed E-state index contributed by atoms with van der Waals surface area (Å²) in [6.45, 7) is 6.12. The second-order valence-corrected chi connectivity index (χ2v) is 7.77. The Morgan fingerprint density at radius 1 is 1.11 bits per heavy atom. The van der Waals surface area contributed by atoms with Crippen molar-refractivity contribution in [3.8, 4) is 11.5 Å². The zero-order valence-electron chi connectivity index (χ0n) is 15.4. The predicted molar refractivity (Wildman–Crippen MR) is 109 cm³/mol. The van der Waals surface area contributed by atoms with Gasteiger partial charge in [0.2, 0.25) is 0 Å². The minimum atomic E-state index is -0.263. The first-order chi connectivity index (χ1) is 13.1. The molecule has 0 unspecified atom stereocenters. The third-order valence-electron chi connectivity index (χ3n) is 4.69. The molecule has 3 aromatic rings. The molecule has 6 nitrogen and oxygen atoms in total. The number of furan rings is 1. The number of piperazine rings is 1. The SMILES string of the molecule is Cc1nc(-c2ccc(C(=O)Nc3ccc(N4CCN(C)CC4)cc3)o2)cs1. The van der Waals surface area contributed by atoms with Gasteiger partial charge in [-0.25, -0.2) is 4.98 Å². The van der Waals surface area contributed by atoms with Crippen molar-refractivity contribution in [1.29, 1.82) is 0 Å². The van der Waals surface area contributed by atoms with E-state index in [2.05, 4.69) is 27.1 Å². The topological polar surface area (TPSA) is 61.6 Å². The van der Waals surface area contributed by atoms with Gasteiger partial charge in [-0.05, 0) is 50.4 Å². The van der Waals surface area contributed by atoms with Crippen LogP contribution in [0.4, 0.5) is 11.4 Å². The van der Waals surface area contributed by atoms with Gasteiger partial charge in [0.25, 0.3) is 5.91 Å². The highest BCUT2D eigenvalue weighted by Crippen LogP contribution is 2.25. The Kier molecular flexibility index (Phi) is 4.96. The van der Waals surface area contributed by atoms with Crippen LogP contribution in [0.2, 0.25) is 0 Å². The number of aromatic nitrogens is 1. The van der Waals surface area contributed by atoms with Crippen molar-refractivity contribution >= 4 is 28.6 Å². The van der Waals surface area contributed by atoms with Crippen molar-refractivity contribution in [2.75, 3.05) is 43.4 Å². The largest absolute Gasteiger partial charge is 0.449 e. The van der Waals surface area contributed by atoms with Gasteiger partial charge < -0.3 is 19.5 Å². The highest BCUT2D eigenvalue weighted by atomic mass is 32.1. The van der Waals surface area contributed by atoms with E-state index in [0.717, 1.165) is 42.6 Å². The molecule has 1 saturated heterocycles. The lowest BCUT2D eigenvalue weighted by Gasteiger charge is -2.34. The number of nitrogens with zero attached hydrogens (tertiary/aromatic N) is 3. The van der Waals surface area contributed by atoms with Crippen molar-refractivity contribution in [2.45, 2.75) is 6.92 Å². The number of thiazole rings is 1. The fraction of sp³-hybridized carbons (Fsp3) is 0.300. The van der Waals surface area contributed by atoms with E-state index in [0.29, 0.717) is 5.76 Å². The molecule has 4 rings (SSSR count). The maximum absolute atomic E-state index is 12.4. The third kappa shape index (κ3) is 4.04. The van der Waals surface area contributed by atoms with Crippen LogP contribution < -0.4 is 10.2 Å². The second-order valence-electron chi connectivity index (χ2n) is 6.71. The summed E-state index contributed by atoms with van der Waals surface area (Å²) in [6, 6.07) is 11.4. The molecule has 1 aliphatic heterocycles. The van der Waals surface area contributed by atoms with E-state index >= 15 is 0 Å². The first-order valence-corrected chi connectivity index (χ1v) is 9.84. The van der Waals surface area contributed by atoms with E-state index in [-0.39, 0.29) is 11.7 Å². The molecular formula is C20H22N4O2S. The zero-order chi connectivity index (χ0) is 18.8. The fourth-order valence-electron chi connectivity index (χ4n) is 3.09. The summed E-state index contributed by atoms with van der Waals surface area (Å²) >= 11 is 1.55. The number of anilines is 2. The van der Waals surface area contributed by atoms with Gasteiger partial charge in [-0.2, -0.15) is 0 Å². The molecule has 1 amide bonds. The molecule has 140 valence electrons. The Hall–Kier alpha value is -2.64. The van der Waals surface area contributed by atoms with Gasteiger partial charge in [0.05, 0.1) is 5.01 Å². The Bertz CT molecular complexity index is 924. The van der Waals surface area contributed by atoms with Crippen molar-refractivity contribution in [3.05, 3.63) is 52.5 Å². The molecule has 1 aliphatic rings. The van der Waals surface area contributed by atoms with Crippen molar-refractivity contribution in [1.82, 2.24) is 9.88 Å². The summed E-state index contributed by atoms with van der Waals surface area (Å²) in [4.78, 5) is 21.5. The number of benzene rings is 1. The molecule has 0 bridgehead atoms. The summed E-state index contributed by atoms with van der Waals surface area (Å²) in [7, 11) is 2.14. The Labute approximate surface area is 162 Å². The summed E-state index contributed by atoms with van der Waals surface area (Å²) in [5.41, 5.74) is 2.69. The average molecular weight is 382 g/mol. The van der Waals surface area contributed by atoms with E-state index in [4.69, 9.17) is 4.42 Å². The maximum Gasteiger partial charge on any atom is 0.291 e. The fourth-order valence-corrected chi connectivity index (χ4v) is 3.69. The molecule has 0 atom stereocenters. The number of carbonyl (C=O) groups excluding carboxylic acids is 1. The second kappa shape index (κ2) is 7.54. The van der Waals surface area contributed by atoms with Gasteiger partial charge in [0.1, 0.15) is 5.69 Å². The van der Waals surface area contributed by atoms with Gasteiger partial charge in [0.15, 0.2) is 11.5 Å². The van der Waals surface area contributed by atoms with Crippen LogP contribution >= 0.6 is 11.3 Å². The van der Waals surface area contributed by atoms with Crippen LogP contribution in [0, 0.1) is 6.92 Å². The number of hydrogen-bond donors (Lipinski definition) is 1. The van der Waals surface area contributed by atoms with E-state index in [1.807, 2.05) is 36.6 Å². The van der Waals surface area contributed by atoms with Crippen molar-refractivity contribution < 1.29 is 9.21 Å². The molecule has 1 fully saturated rings. The molecule has 0 spiro atoms. The summed E-state index contributed by atoms with van der Waals surface area (Å²) in [5.74, 6) is 0.620. The average Bonchev–Trinajstić information content (AvgIpc) is 3.32. The quantitative estimate of drug-likeness (QED) is 0.745. The number of rotatable bonds is 4. The Morgan fingerprint density at radius 3 is 2.52 bits per heavy atom. The van der Waals surface area contributed by atoms with Gasteiger partial charge in [-0.15, -0.1) is 11.3 Å². The number of carbonyl (C=O) groups is 1. The van der Waals surface area contributed by atoms with E-state index in [1.165, 1.54) is 5.69 Å². The molecule has 1 aromatic carbocycles. The number of hydrogen-bond acceptors (Lipinski definition) is 6. The lowest BCUT2D eigenvalue weighted by Crippen LogP contribution is -2.44. The molecule has 0 radical (unpaired) electrons. The normalized spacial score (nSPS) is 15.1. The molecule has 7 heteroatoms. The standard InChI is InChI=1S/C20H22N4O2S/c1-14-21-17(13-27-14)18-7-8-19(26-18)20(25)22-15-3-5-16(6-4-15)24-11-9-23(2)10-12-24/h3-8,13H,9-12H2,1-2H3,(H,22,25). The minimum absolute atomic E-state index is 0.263. The molecular weight excluding hydrogens is 360 g/mol. The van der Waals surface area contributed by atoms with E-state index < -0.39 is 0 Å². The van der Waals surface area contributed by atoms with Gasteiger partial charge in [0, 0.05) is 42.9 Å². The zero-order valence-corrected chi connectivity index (χ0v) is 16.3. The number of amides is 1. The smallest absolute Gasteiger partial charge is 0.291 e. The first kappa shape index (κ1) is 17.8. The maximum atomic E-state index is 12.4. The number of nitrogens with one attached hydrogen (secondary N) is 1. The number of aryl methyl sites for hydroxylation is 1. The number of likely N-dealkylation sites (N-methyl/N-ethyl adjacent to an activating group) is 1. The van der Waals surface area contributed by atoms with Crippen LogP contribution in [-0.4, -0.2) is 49.0 Å². The summed E-state index contributed by atoms with van der Waals surface area (Å²) < 4.78 is 5.67. The molecule has 27 heavy (non-hydrogen) atoms. The Morgan fingerprint density at radius 2 is 1.85 bits per heavy atom. The highest BCUT2D eigenvalue weighted by Gasteiger charge is 2.16.